The average molecular weight is 180 g/mol. The quantitative estimate of drug-likeness (QED) is 0.761. The highest BCUT2D eigenvalue weighted by Gasteiger charge is 2.16. The Kier molecular flexibility index (Phi) is 2.38. The van der Waals surface area contributed by atoms with Crippen molar-refractivity contribution in [1.82, 2.24) is 4.90 Å². The Labute approximate surface area is 78.5 Å². The SMILES string of the molecule is Cc1oc(CN)cc1CN1CCC1. The van der Waals surface area contributed by atoms with Gasteiger partial charge in [0.1, 0.15) is 11.5 Å². The second kappa shape index (κ2) is 3.52. The summed E-state index contributed by atoms with van der Waals surface area (Å²) in [6.45, 7) is 5.98. The number of hydrogen-bond donors (Lipinski definition) is 1. The zero-order valence-corrected chi connectivity index (χ0v) is 8.05. The van der Waals surface area contributed by atoms with E-state index < -0.39 is 0 Å². The molecule has 2 rings (SSSR count). The van der Waals surface area contributed by atoms with Gasteiger partial charge in [-0.1, -0.05) is 0 Å². The maximum atomic E-state index is 5.50. The van der Waals surface area contributed by atoms with Gasteiger partial charge in [-0.25, -0.2) is 0 Å². The molecule has 2 heterocycles. The van der Waals surface area contributed by atoms with Gasteiger partial charge in [0.25, 0.3) is 0 Å². The fourth-order valence-electron chi connectivity index (χ4n) is 1.63. The lowest BCUT2D eigenvalue weighted by atomic mass is 10.1. The molecule has 3 nitrogen and oxygen atoms in total. The molecular weight excluding hydrogens is 164 g/mol. The minimum atomic E-state index is 0.501. The Morgan fingerprint density at radius 1 is 1.54 bits per heavy atom. The van der Waals surface area contributed by atoms with E-state index in [1.165, 1.54) is 25.1 Å². The minimum Gasteiger partial charge on any atom is -0.465 e. The molecule has 1 aromatic rings. The number of nitrogens with zero attached hydrogens (tertiary/aromatic N) is 1. The van der Waals surface area contributed by atoms with Gasteiger partial charge < -0.3 is 10.2 Å². The van der Waals surface area contributed by atoms with E-state index in [-0.39, 0.29) is 0 Å². The summed E-state index contributed by atoms with van der Waals surface area (Å²) in [5, 5.41) is 0. The second-order valence-electron chi connectivity index (χ2n) is 3.63. The predicted molar refractivity (Wildman–Crippen MR) is 51.2 cm³/mol. The van der Waals surface area contributed by atoms with Gasteiger partial charge in [-0.15, -0.1) is 0 Å². The summed E-state index contributed by atoms with van der Waals surface area (Å²) in [6, 6.07) is 2.08. The fraction of sp³-hybridized carbons (Fsp3) is 0.600. The van der Waals surface area contributed by atoms with Crippen molar-refractivity contribution in [3.8, 4) is 0 Å². The van der Waals surface area contributed by atoms with Crippen LogP contribution in [0.15, 0.2) is 10.5 Å². The van der Waals surface area contributed by atoms with E-state index in [2.05, 4.69) is 11.0 Å². The first kappa shape index (κ1) is 8.78. The number of aryl methyl sites for hydroxylation is 1. The van der Waals surface area contributed by atoms with Crippen molar-refractivity contribution in [3.05, 3.63) is 23.2 Å². The predicted octanol–water partition coefficient (Wildman–Crippen LogP) is 1.25. The molecule has 1 aromatic heterocycles. The van der Waals surface area contributed by atoms with Crippen LogP contribution < -0.4 is 5.73 Å². The molecule has 0 bridgehead atoms. The lowest BCUT2D eigenvalue weighted by molar-refractivity contribution is 0.171. The van der Waals surface area contributed by atoms with Crippen LogP contribution in [0.1, 0.15) is 23.5 Å². The van der Waals surface area contributed by atoms with E-state index in [1.54, 1.807) is 0 Å². The molecule has 13 heavy (non-hydrogen) atoms. The molecule has 0 amide bonds. The summed E-state index contributed by atoms with van der Waals surface area (Å²) >= 11 is 0. The maximum Gasteiger partial charge on any atom is 0.118 e. The third-order valence-electron chi connectivity index (χ3n) is 2.62. The third-order valence-corrected chi connectivity index (χ3v) is 2.62. The average Bonchev–Trinajstić information content (AvgIpc) is 2.39. The Morgan fingerprint density at radius 2 is 2.31 bits per heavy atom. The Balaban J connectivity index is 2.05. The molecule has 0 unspecified atom stereocenters. The Morgan fingerprint density at radius 3 is 2.77 bits per heavy atom. The highest BCUT2D eigenvalue weighted by atomic mass is 16.3. The van der Waals surface area contributed by atoms with E-state index in [0.29, 0.717) is 6.54 Å². The normalized spacial score (nSPS) is 17.4. The van der Waals surface area contributed by atoms with Crippen molar-refractivity contribution in [3.63, 3.8) is 0 Å². The van der Waals surface area contributed by atoms with E-state index >= 15 is 0 Å². The van der Waals surface area contributed by atoms with Crippen LogP contribution in [0, 0.1) is 6.92 Å². The van der Waals surface area contributed by atoms with Crippen LogP contribution in [0.3, 0.4) is 0 Å². The minimum absolute atomic E-state index is 0.501. The summed E-state index contributed by atoms with van der Waals surface area (Å²) in [7, 11) is 0. The molecule has 1 fully saturated rings. The smallest absolute Gasteiger partial charge is 0.118 e. The van der Waals surface area contributed by atoms with Gasteiger partial charge in [-0.05, 0) is 32.5 Å². The molecule has 0 radical (unpaired) electrons. The van der Waals surface area contributed by atoms with Crippen LogP contribution >= 0.6 is 0 Å². The summed E-state index contributed by atoms with van der Waals surface area (Å²) in [4.78, 5) is 2.41. The van der Waals surface area contributed by atoms with Crippen molar-refractivity contribution >= 4 is 0 Å². The second-order valence-corrected chi connectivity index (χ2v) is 3.63. The van der Waals surface area contributed by atoms with E-state index in [4.69, 9.17) is 10.2 Å². The van der Waals surface area contributed by atoms with Crippen LogP contribution in [-0.4, -0.2) is 18.0 Å². The molecule has 0 saturated carbocycles. The lowest BCUT2D eigenvalue weighted by Gasteiger charge is -2.30. The monoisotopic (exact) mass is 180 g/mol. The van der Waals surface area contributed by atoms with Crippen molar-refractivity contribution in [2.24, 2.45) is 5.73 Å². The molecule has 1 aliphatic heterocycles. The van der Waals surface area contributed by atoms with Crippen LogP contribution in [0.2, 0.25) is 0 Å². The molecule has 0 aromatic carbocycles. The third kappa shape index (κ3) is 1.76. The van der Waals surface area contributed by atoms with Crippen molar-refractivity contribution in [2.75, 3.05) is 13.1 Å². The molecule has 0 aliphatic carbocycles. The van der Waals surface area contributed by atoms with Crippen molar-refractivity contribution < 1.29 is 4.42 Å². The van der Waals surface area contributed by atoms with Gasteiger partial charge in [-0.2, -0.15) is 0 Å². The molecule has 1 aliphatic rings. The maximum absolute atomic E-state index is 5.50. The number of rotatable bonds is 3. The first-order valence-electron chi connectivity index (χ1n) is 4.80. The van der Waals surface area contributed by atoms with Gasteiger partial charge in [-0.3, -0.25) is 4.90 Å². The van der Waals surface area contributed by atoms with Crippen LogP contribution in [0.4, 0.5) is 0 Å². The van der Waals surface area contributed by atoms with Crippen LogP contribution in [-0.2, 0) is 13.1 Å². The summed E-state index contributed by atoms with van der Waals surface area (Å²) in [5.41, 5.74) is 6.79. The summed E-state index contributed by atoms with van der Waals surface area (Å²) in [5.74, 6) is 1.92. The molecule has 2 N–H and O–H groups in total. The molecule has 0 atom stereocenters. The number of nitrogens with two attached hydrogens (primary N) is 1. The topological polar surface area (TPSA) is 42.4 Å². The number of likely N-dealkylation sites (tertiary alicyclic amines) is 1. The molecule has 0 spiro atoms. The standard InChI is InChI=1S/C10H16N2O/c1-8-9(5-10(6-11)13-8)7-12-3-2-4-12/h5H,2-4,6-7,11H2,1H3. The van der Waals surface area contributed by atoms with Gasteiger partial charge in [0.05, 0.1) is 6.54 Å². The van der Waals surface area contributed by atoms with Gasteiger partial charge in [0, 0.05) is 12.1 Å². The van der Waals surface area contributed by atoms with Gasteiger partial charge in [0.2, 0.25) is 0 Å². The van der Waals surface area contributed by atoms with Crippen molar-refractivity contribution in [1.29, 1.82) is 0 Å². The van der Waals surface area contributed by atoms with E-state index in [1.807, 2.05) is 6.92 Å². The van der Waals surface area contributed by atoms with E-state index in [9.17, 15) is 0 Å². The Hall–Kier alpha value is -0.800. The highest BCUT2D eigenvalue weighted by Crippen LogP contribution is 2.18. The molecule has 1 saturated heterocycles. The van der Waals surface area contributed by atoms with Gasteiger partial charge >= 0.3 is 0 Å². The largest absolute Gasteiger partial charge is 0.465 e. The Bertz CT molecular complexity index is 289. The fourth-order valence-corrected chi connectivity index (χ4v) is 1.63. The first-order chi connectivity index (χ1) is 6.29. The first-order valence-corrected chi connectivity index (χ1v) is 4.80. The summed E-state index contributed by atoms with van der Waals surface area (Å²) < 4.78 is 5.48. The molecule has 3 heteroatoms. The lowest BCUT2D eigenvalue weighted by Crippen LogP contribution is -2.36. The number of hydrogen-bond acceptors (Lipinski definition) is 3. The molecule has 72 valence electrons. The summed E-state index contributed by atoms with van der Waals surface area (Å²) in [6.07, 6.45) is 1.33. The highest BCUT2D eigenvalue weighted by molar-refractivity contribution is 5.20. The van der Waals surface area contributed by atoms with Crippen LogP contribution in [0.5, 0.6) is 0 Å². The molecular formula is C10H16N2O. The zero-order valence-electron chi connectivity index (χ0n) is 8.05. The van der Waals surface area contributed by atoms with Crippen molar-refractivity contribution in [2.45, 2.75) is 26.4 Å². The zero-order chi connectivity index (χ0) is 9.26. The van der Waals surface area contributed by atoms with Crippen LogP contribution in [0.25, 0.3) is 0 Å². The van der Waals surface area contributed by atoms with E-state index in [0.717, 1.165) is 18.1 Å². The number of furan rings is 1. The van der Waals surface area contributed by atoms with Gasteiger partial charge in [0.15, 0.2) is 0 Å².